The second kappa shape index (κ2) is 13.2. The minimum absolute atomic E-state index is 0.0721. The van der Waals surface area contributed by atoms with E-state index in [2.05, 4.69) is 15.3 Å². The zero-order chi connectivity index (χ0) is 33.2. The quantitative estimate of drug-likeness (QED) is 0.195. The maximum absolute atomic E-state index is 14.6. The summed E-state index contributed by atoms with van der Waals surface area (Å²) in [5, 5.41) is 2.74. The molecular weight excluding hydrogens is 613 g/mol. The number of likely N-dealkylation sites (tertiary alicyclic amines) is 1. The number of carbonyl (C=O) groups excluding carboxylic acids is 3. The van der Waals surface area contributed by atoms with Crippen molar-refractivity contribution in [2.24, 2.45) is 0 Å². The third-order valence-electron chi connectivity index (χ3n) is 8.83. The number of aromatic amines is 1. The topological polar surface area (TPSA) is 117 Å². The monoisotopic (exact) mass is 647 g/mol. The highest BCUT2D eigenvalue weighted by Gasteiger charge is 2.41. The van der Waals surface area contributed by atoms with Gasteiger partial charge in [0, 0.05) is 25.1 Å². The molecule has 11 heteroatoms. The molecule has 0 saturated carbocycles. The molecule has 1 saturated heterocycles. The Hall–Kier alpha value is -5.71. The smallest absolute Gasteiger partial charge is 0.410 e. The van der Waals surface area contributed by atoms with Crippen molar-refractivity contribution in [3.8, 4) is 11.1 Å². The average Bonchev–Trinajstić information content (AvgIpc) is 3.79. The Labute approximate surface area is 276 Å². The van der Waals surface area contributed by atoms with Gasteiger partial charge in [-0.15, -0.1) is 0 Å². The Bertz CT molecular complexity index is 1940. The number of ether oxygens (including phenoxy) is 2. The van der Waals surface area contributed by atoms with Crippen LogP contribution in [0.4, 0.5) is 19.8 Å². The van der Waals surface area contributed by atoms with E-state index in [0.717, 1.165) is 38.4 Å². The number of hydrogen-bond donors (Lipinski definition) is 2. The van der Waals surface area contributed by atoms with E-state index < -0.39 is 30.3 Å². The number of halogens is 1. The summed E-state index contributed by atoms with van der Waals surface area (Å²) in [6.07, 6.45) is -2.70. The van der Waals surface area contributed by atoms with E-state index >= 15 is 0 Å². The van der Waals surface area contributed by atoms with Crippen LogP contribution in [0.15, 0.2) is 97.1 Å². The number of hydrogen-bond acceptors (Lipinski definition) is 6. The molecule has 0 spiro atoms. The number of alkyl halides is 1. The standard InChI is InChI=1S/C37H34FN5O5/c1-42(36(45)47-21-23-9-3-2-4-10-23)20-25-18-32-31(39-25)15-16-34(40-32)41-35(44)33-17-24(38)19-43(33)37(46)48-22-30-28-13-7-5-11-26(28)27-12-6-8-14-29(27)30/h2-16,18,24,30,33,39H,17,19-22H2,1H3,(H,40,41,44)/t24-,33-/m1/s1. The first-order valence-corrected chi connectivity index (χ1v) is 15.8. The van der Waals surface area contributed by atoms with Gasteiger partial charge in [0.25, 0.3) is 0 Å². The number of pyridine rings is 1. The van der Waals surface area contributed by atoms with Crippen molar-refractivity contribution in [2.75, 3.05) is 25.5 Å². The van der Waals surface area contributed by atoms with Gasteiger partial charge in [0.2, 0.25) is 5.91 Å². The highest BCUT2D eigenvalue weighted by molar-refractivity contribution is 5.97. The van der Waals surface area contributed by atoms with Crippen molar-refractivity contribution in [3.63, 3.8) is 0 Å². The lowest BCUT2D eigenvalue weighted by Crippen LogP contribution is -2.43. The zero-order valence-corrected chi connectivity index (χ0v) is 26.3. The summed E-state index contributed by atoms with van der Waals surface area (Å²) in [7, 11) is 1.64. The molecule has 48 heavy (non-hydrogen) atoms. The van der Waals surface area contributed by atoms with Crippen LogP contribution in [0.25, 0.3) is 22.2 Å². The first kappa shape index (κ1) is 30.9. The lowest BCUT2D eigenvalue weighted by molar-refractivity contribution is -0.120. The molecule has 10 nitrogen and oxygen atoms in total. The van der Waals surface area contributed by atoms with Crippen LogP contribution in [0.5, 0.6) is 0 Å². The lowest BCUT2D eigenvalue weighted by Gasteiger charge is -2.24. The van der Waals surface area contributed by atoms with Crippen molar-refractivity contribution in [2.45, 2.75) is 37.7 Å². The summed E-state index contributed by atoms with van der Waals surface area (Å²) in [6.45, 7) is 0.261. The summed E-state index contributed by atoms with van der Waals surface area (Å²) in [5.41, 5.74) is 7.22. The first-order valence-electron chi connectivity index (χ1n) is 15.8. The van der Waals surface area contributed by atoms with Crippen molar-refractivity contribution in [1.82, 2.24) is 19.8 Å². The Morgan fingerprint density at radius 2 is 1.62 bits per heavy atom. The number of H-pyrrole nitrogens is 1. The SMILES string of the molecule is CN(Cc1cc2nc(NC(=O)[C@H]3C[C@@H](F)CN3C(=O)OCC3c4ccccc4-c4ccccc43)ccc2[nH]1)C(=O)OCc1ccccc1. The van der Waals surface area contributed by atoms with E-state index in [4.69, 9.17) is 9.47 Å². The molecule has 3 amide bonds. The van der Waals surface area contributed by atoms with E-state index in [1.807, 2.05) is 78.9 Å². The van der Waals surface area contributed by atoms with Gasteiger partial charge < -0.3 is 24.7 Å². The van der Waals surface area contributed by atoms with Gasteiger partial charge in [0.05, 0.1) is 24.1 Å². The number of benzene rings is 3. The van der Waals surface area contributed by atoms with Crippen LogP contribution in [0.2, 0.25) is 0 Å². The Kier molecular flexibility index (Phi) is 8.49. The van der Waals surface area contributed by atoms with Crippen LogP contribution in [0, 0.1) is 0 Å². The van der Waals surface area contributed by atoms with Gasteiger partial charge in [-0.1, -0.05) is 78.9 Å². The fraction of sp³-hybridized carbons (Fsp3) is 0.243. The number of rotatable bonds is 8. The molecular formula is C37H34FN5O5. The van der Waals surface area contributed by atoms with Crippen molar-refractivity contribution < 1.29 is 28.2 Å². The van der Waals surface area contributed by atoms with Gasteiger partial charge in [0.15, 0.2) is 0 Å². The van der Waals surface area contributed by atoms with Gasteiger partial charge in [-0.05, 0) is 46.0 Å². The number of nitrogens with zero attached hydrogens (tertiary/aromatic N) is 3. The molecule has 2 aromatic heterocycles. The molecule has 7 rings (SSSR count). The number of carbonyl (C=O) groups is 3. The Morgan fingerprint density at radius 1 is 0.938 bits per heavy atom. The van der Waals surface area contributed by atoms with Crippen LogP contribution in [0.3, 0.4) is 0 Å². The minimum Gasteiger partial charge on any atom is -0.448 e. The third-order valence-corrected chi connectivity index (χ3v) is 8.83. The molecule has 3 aromatic carbocycles. The largest absolute Gasteiger partial charge is 0.448 e. The van der Waals surface area contributed by atoms with Gasteiger partial charge in [-0.3, -0.25) is 9.69 Å². The number of anilines is 1. The van der Waals surface area contributed by atoms with Gasteiger partial charge in [0.1, 0.15) is 31.2 Å². The molecule has 3 heterocycles. The number of nitrogens with one attached hydrogen (secondary N) is 2. The van der Waals surface area contributed by atoms with Gasteiger partial charge >= 0.3 is 12.2 Å². The molecule has 0 radical (unpaired) electrons. The molecule has 2 atom stereocenters. The number of aromatic nitrogens is 2. The second-order valence-electron chi connectivity index (χ2n) is 12.1. The molecule has 2 aliphatic rings. The highest BCUT2D eigenvalue weighted by Crippen LogP contribution is 2.44. The van der Waals surface area contributed by atoms with Gasteiger partial charge in [-0.25, -0.2) is 19.0 Å². The average molecular weight is 648 g/mol. The Morgan fingerprint density at radius 3 is 2.35 bits per heavy atom. The van der Waals surface area contributed by atoms with E-state index in [1.54, 1.807) is 25.2 Å². The molecule has 1 fully saturated rings. The third kappa shape index (κ3) is 6.31. The van der Waals surface area contributed by atoms with Crippen LogP contribution in [0.1, 0.15) is 34.7 Å². The minimum atomic E-state index is -1.36. The maximum atomic E-state index is 14.6. The molecule has 1 aliphatic heterocycles. The van der Waals surface area contributed by atoms with Crippen LogP contribution in [-0.2, 0) is 27.4 Å². The summed E-state index contributed by atoms with van der Waals surface area (Å²) in [5.74, 6) is -0.449. The molecule has 2 N–H and O–H groups in total. The first-order chi connectivity index (χ1) is 23.3. The fourth-order valence-corrected chi connectivity index (χ4v) is 6.49. The summed E-state index contributed by atoms with van der Waals surface area (Å²) in [4.78, 5) is 49.5. The normalized spacial score (nSPS) is 16.8. The van der Waals surface area contributed by atoms with Crippen molar-refractivity contribution >= 4 is 34.9 Å². The van der Waals surface area contributed by atoms with Gasteiger partial charge in [-0.2, -0.15) is 0 Å². The number of fused-ring (bicyclic) bond motifs is 4. The predicted octanol–water partition coefficient (Wildman–Crippen LogP) is 6.63. The van der Waals surface area contributed by atoms with Crippen LogP contribution >= 0.6 is 0 Å². The zero-order valence-electron chi connectivity index (χ0n) is 26.3. The number of amides is 3. The van der Waals surface area contributed by atoms with E-state index in [0.29, 0.717) is 11.0 Å². The molecule has 1 aliphatic carbocycles. The van der Waals surface area contributed by atoms with Crippen LogP contribution < -0.4 is 5.32 Å². The molecule has 0 bridgehead atoms. The maximum Gasteiger partial charge on any atom is 0.410 e. The predicted molar refractivity (Wildman–Crippen MR) is 178 cm³/mol. The lowest BCUT2D eigenvalue weighted by atomic mass is 9.98. The van der Waals surface area contributed by atoms with E-state index in [1.165, 1.54) is 4.90 Å². The summed E-state index contributed by atoms with van der Waals surface area (Å²) >= 11 is 0. The Balaban J connectivity index is 0.970. The van der Waals surface area contributed by atoms with E-state index in [-0.39, 0.29) is 44.5 Å². The second-order valence-corrected chi connectivity index (χ2v) is 12.1. The molecule has 244 valence electrons. The highest BCUT2D eigenvalue weighted by atomic mass is 19.1. The fourth-order valence-electron chi connectivity index (χ4n) is 6.49. The summed E-state index contributed by atoms with van der Waals surface area (Å²) < 4.78 is 25.8. The van der Waals surface area contributed by atoms with Crippen LogP contribution in [-0.4, -0.2) is 70.3 Å². The van der Waals surface area contributed by atoms with E-state index in [9.17, 15) is 18.8 Å². The van der Waals surface area contributed by atoms with Crippen molar-refractivity contribution in [1.29, 1.82) is 0 Å². The van der Waals surface area contributed by atoms with Crippen molar-refractivity contribution in [3.05, 3.63) is 119 Å². The molecule has 5 aromatic rings. The molecule has 0 unspecified atom stereocenters. The summed E-state index contributed by atoms with van der Waals surface area (Å²) in [6, 6.07) is 29.5.